The van der Waals surface area contributed by atoms with Gasteiger partial charge in [-0.1, -0.05) is 36.4 Å². The number of carbonyl (C=O) groups excluding carboxylic acids is 1. The molecular weight excluding hydrogens is 255 g/mol. The highest BCUT2D eigenvalue weighted by Gasteiger charge is 2.23. The van der Waals surface area contributed by atoms with Crippen molar-refractivity contribution >= 4 is 11.6 Å². The summed E-state index contributed by atoms with van der Waals surface area (Å²) in [6.07, 6.45) is 0. The molecule has 1 unspecified atom stereocenters. The highest BCUT2D eigenvalue weighted by atomic mass is 19.1. The Bertz CT molecular complexity index is 586. The third kappa shape index (κ3) is 3.03. The lowest BCUT2D eigenvalue weighted by Crippen LogP contribution is -2.35. The topological polar surface area (TPSA) is 46.3 Å². The van der Waals surface area contributed by atoms with Gasteiger partial charge in [-0.2, -0.15) is 0 Å². The van der Waals surface area contributed by atoms with Gasteiger partial charge in [-0.15, -0.1) is 0 Å². The summed E-state index contributed by atoms with van der Waals surface area (Å²) in [6, 6.07) is 15.3. The van der Waals surface area contributed by atoms with Crippen molar-refractivity contribution in [2.24, 2.45) is 5.73 Å². The van der Waals surface area contributed by atoms with Gasteiger partial charge in [0, 0.05) is 19.3 Å². The van der Waals surface area contributed by atoms with Crippen LogP contribution in [0.15, 0.2) is 54.6 Å². The van der Waals surface area contributed by atoms with Gasteiger partial charge >= 0.3 is 0 Å². The molecular formula is C16H17FN2O. The summed E-state index contributed by atoms with van der Waals surface area (Å²) in [5.74, 6) is -0.945. The Morgan fingerprint density at radius 3 is 2.50 bits per heavy atom. The van der Waals surface area contributed by atoms with Crippen LogP contribution in [-0.4, -0.2) is 19.5 Å². The van der Waals surface area contributed by atoms with Crippen LogP contribution in [0.1, 0.15) is 11.5 Å². The summed E-state index contributed by atoms with van der Waals surface area (Å²) in [5, 5.41) is 0. The number of nitrogens with zero attached hydrogens (tertiary/aromatic N) is 1. The molecule has 0 saturated heterocycles. The number of amides is 1. The largest absolute Gasteiger partial charge is 0.329 e. The summed E-state index contributed by atoms with van der Waals surface area (Å²) in [5.41, 5.74) is 7.11. The van der Waals surface area contributed by atoms with Crippen molar-refractivity contribution < 1.29 is 9.18 Å². The summed E-state index contributed by atoms with van der Waals surface area (Å²) < 4.78 is 13.2. The van der Waals surface area contributed by atoms with Crippen LogP contribution in [0.25, 0.3) is 0 Å². The smallest absolute Gasteiger partial charge is 0.235 e. The second-order valence-corrected chi connectivity index (χ2v) is 4.58. The Labute approximate surface area is 117 Å². The van der Waals surface area contributed by atoms with Crippen LogP contribution in [0, 0.1) is 5.82 Å². The SMILES string of the molecule is CN(C(=O)C(CN)c1ccccc1)c1cccc(F)c1. The number of hydrogen-bond donors (Lipinski definition) is 1. The zero-order chi connectivity index (χ0) is 14.5. The number of hydrogen-bond acceptors (Lipinski definition) is 2. The third-order valence-corrected chi connectivity index (χ3v) is 3.26. The summed E-state index contributed by atoms with van der Waals surface area (Å²) in [6.45, 7) is 0.211. The molecule has 4 heteroatoms. The molecule has 0 spiro atoms. The molecule has 20 heavy (non-hydrogen) atoms. The van der Waals surface area contributed by atoms with E-state index in [4.69, 9.17) is 5.73 Å². The molecule has 0 radical (unpaired) electrons. The van der Waals surface area contributed by atoms with Gasteiger partial charge in [0.2, 0.25) is 5.91 Å². The molecule has 104 valence electrons. The fourth-order valence-electron chi connectivity index (χ4n) is 2.11. The second kappa shape index (κ2) is 6.30. The van der Waals surface area contributed by atoms with Crippen LogP contribution < -0.4 is 10.6 Å². The number of anilines is 1. The molecule has 3 nitrogen and oxygen atoms in total. The number of nitrogens with two attached hydrogens (primary N) is 1. The average Bonchev–Trinajstić information content (AvgIpc) is 2.48. The van der Waals surface area contributed by atoms with E-state index < -0.39 is 5.92 Å². The van der Waals surface area contributed by atoms with E-state index in [9.17, 15) is 9.18 Å². The predicted molar refractivity (Wildman–Crippen MR) is 78.0 cm³/mol. The molecule has 0 heterocycles. The van der Waals surface area contributed by atoms with E-state index in [1.165, 1.54) is 17.0 Å². The van der Waals surface area contributed by atoms with E-state index in [0.717, 1.165) is 5.56 Å². The van der Waals surface area contributed by atoms with E-state index in [0.29, 0.717) is 5.69 Å². The second-order valence-electron chi connectivity index (χ2n) is 4.58. The summed E-state index contributed by atoms with van der Waals surface area (Å²) >= 11 is 0. The zero-order valence-electron chi connectivity index (χ0n) is 11.3. The van der Waals surface area contributed by atoms with Gasteiger partial charge in [-0.05, 0) is 23.8 Å². The van der Waals surface area contributed by atoms with Crippen molar-refractivity contribution in [1.29, 1.82) is 0 Å². The average molecular weight is 272 g/mol. The fourth-order valence-corrected chi connectivity index (χ4v) is 2.11. The Morgan fingerprint density at radius 1 is 1.20 bits per heavy atom. The summed E-state index contributed by atoms with van der Waals surface area (Å²) in [4.78, 5) is 13.9. The van der Waals surface area contributed by atoms with Crippen molar-refractivity contribution in [3.05, 3.63) is 66.0 Å². The van der Waals surface area contributed by atoms with Crippen molar-refractivity contribution in [3.8, 4) is 0 Å². The van der Waals surface area contributed by atoms with Crippen LogP contribution in [0.3, 0.4) is 0 Å². The highest BCUT2D eigenvalue weighted by Crippen LogP contribution is 2.21. The number of benzene rings is 2. The van der Waals surface area contributed by atoms with Gasteiger partial charge in [0.05, 0.1) is 5.92 Å². The van der Waals surface area contributed by atoms with Crippen molar-refractivity contribution in [2.45, 2.75) is 5.92 Å². The summed E-state index contributed by atoms with van der Waals surface area (Å²) in [7, 11) is 1.63. The maximum atomic E-state index is 13.2. The fraction of sp³-hybridized carbons (Fsp3) is 0.188. The Morgan fingerprint density at radius 2 is 1.90 bits per heavy atom. The molecule has 0 aromatic heterocycles. The van der Waals surface area contributed by atoms with E-state index in [-0.39, 0.29) is 18.3 Å². The third-order valence-electron chi connectivity index (χ3n) is 3.26. The Hall–Kier alpha value is -2.20. The molecule has 0 aliphatic heterocycles. The minimum atomic E-state index is -0.426. The molecule has 2 aromatic carbocycles. The number of likely N-dealkylation sites (N-methyl/N-ethyl adjacent to an activating group) is 1. The van der Waals surface area contributed by atoms with E-state index in [1.54, 1.807) is 19.2 Å². The van der Waals surface area contributed by atoms with Crippen molar-refractivity contribution in [3.63, 3.8) is 0 Å². The molecule has 0 aliphatic rings. The van der Waals surface area contributed by atoms with Crippen LogP contribution in [0.5, 0.6) is 0 Å². The van der Waals surface area contributed by atoms with Crippen LogP contribution in [0.4, 0.5) is 10.1 Å². The number of rotatable bonds is 4. The molecule has 2 aromatic rings. The molecule has 0 bridgehead atoms. The van der Waals surface area contributed by atoms with Crippen LogP contribution in [0.2, 0.25) is 0 Å². The minimum absolute atomic E-state index is 0.149. The molecule has 2 N–H and O–H groups in total. The molecule has 0 aliphatic carbocycles. The molecule has 1 amide bonds. The van der Waals surface area contributed by atoms with Crippen molar-refractivity contribution in [2.75, 3.05) is 18.5 Å². The van der Waals surface area contributed by atoms with Gasteiger partial charge in [0.1, 0.15) is 5.82 Å². The monoisotopic (exact) mass is 272 g/mol. The standard InChI is InChI=1S/C16H17FN2O/c1-19(14-9-5-8-13(17)10-14)16(20)15(11-18)12-6-3-2-4-7-12/h2-10,15H,11,18H2,1H3. The molecule has 0 fully saturated rings. The van der Waals surface area contributed by atoms with E-state index in [1.807, 2.05) is 30.3 Å². The van der Waals surface area contributed by atoms with Crippen LogP contribution in [-0.2, 0) is 4.79 Å². The van der Waals surface area contributed by atoms with E-state index >= 15 is 0 Å². The lowest BCUT2D eigenvalue weighted by atomic mass is 9.97. The van der Waals surface area contributed by atoms with Gasteiger partial charge in [0.25, 0.3) is 0 Å². The lowest BCUT2D eigenvalue weighted by molar-refractivity contribution is -0.119. The minimum Gasteiger partial charge on any atom is -0.329 e. The normalized spacial score (nSPS) is 11.9. The zero-order valence-corrected chi connectivity index (χ0v) is 11.3. The molecule has 0 saturated carbocycles. The van der Waals surface area contributed by atoms with Crippen molar-refractivity contribution in [1.82, 2.24) is 0 Å². The quantitative estimate of drug-likeness (QED) is 0.929. The predicted octanol–water partition coefficient (Wildman–Crippen LogP) is 2.53. The van der Waals surface area contributed by atoms with Gasteiger partial charge in [0.15, 0.2) is 0 Å². The number of carbonyl (C=O) groups is 1. The van der Waals surface area contributed by atoms with Gasteiger partial charge in [-0.3, -0.25) is 4.79 Å². The Kier molecular flexibility index (Phi) is 4.48. The van der Waals surface area contributed by atoms with E-state index in [2.05, 4.69) is 0 Å². The first-order valence-electron chi connectivity index (χ1n) is 6.41. The molecule has 1 atom stereocenters. The molecule has 2 rings (SSSR count). The first-order valence-corrected chi connectivity index (χ1v) is 6.41. The first-order chi connectivity index (χ1) is 9.63. The maximum absolute atomic E-state index is 13.2. The van der Waals surface area contributed by atoms with Gasteiger partial charge in [-0.25, -0.2) is 4.39 Å². The Balaban J connectivity index is 2.25. The first kappa shape index (κ1) is 14.2. The lowest BCUT2D eigenvalue weighted by Gasteiger charge is -2.23. The number of halogens is 1. The highest BCUT2D eigenvalue weighted by molar-refractivity contribution is 5.97. The van der Waals surface area contributed by atoms with Crippen LogP contribution >= 0.6 is 0 Å². The van der Waals surface area contributed by atoms with Gasteiger partial charge < -0.3 is 10.6 Å². The maximum Gasteiger partial charge on any atom is 0.235 e.